The fourth-order valence-electron chi connectivity index (χ4n) is 1.68. The van der Waals surface area contributed by atoms with E-state index in [1.165, 1.54) is 32.1 Å². The molecular formula is C14H29N. The number of hydrogen-bond donors (Lipinski definition) is 1. The third kappa shape index (κ3) is 11.5. The summed E-state index contributed by atoms with van der Waals surface area (Å²) >= 11 is 0. The Morgan fingerprint density at radius 2 is 1.73 bits per heavy atom. The van der Waals surface area contributed by atoms with Crippen LogP contribution in [0.5, 0.6) is 0 Å². The average molecular weight is 211 g/mol. The predicted molar refractivity (Wildman–Crippen MR) is 69.9 cm³/mol. The normalized spacial score (nSPS) is 12.9. The molecule has 0 saturated carbocycles. The molecule has 90 valence electrons. The van der Waals surface area contributed by atoms with Crippen LogP contribution in [-0.4, -0.2) is 6.54 Å². The summed E-state index contributed by atoms with van der Waals surface area (Å²) < 4.78 is 0. The summed E-state index contributed by atoms with van der Waals surface area (Å²) in [6.07, 6.45) is 6.78. The molecule has 0 aromatic rings. The summed E-state index contributed by atoms with van der Waals surface area (Å²) in [5.74, 6) is 1.76. The van der Waals surface area contributed by atoms with Gasteiger partial charge in [0.25, 0.3) is 0 Å². The Hall–Kier alpha value is -0.460. The van der Waals surface area contributed by atoms with Gasteiger partial charge in [0.15, 0.2) is 0 Å². The Morgan fingerprint density at radius 3 is 2.27 bits per heavy atom. The van der Waals surface area contributed by atoms with Crippen molar-refractivity contribution in [3.8, 4) is 0 Å². The number of hydrogen-bond acceptors (Lipinski definition) is 1. The lowest BCUT2D eigenvalue weighted by molar-refractivity contribution is 0.413. The lowest BCUT2D eigenvalue weighted by Crippen LogP contribution is -2.11. The highest BCUT2D eigenvalue weighted by molar-refractivity contribution is 4.83. The second kappa shape index (κ2) is 8.82. The van der Waals surface area contributed by atoms with Gasteiger partial charge >= 0.3 is 0 Å². The zero-order chi connectivity index (χ0) is 11.7. The number of unbranched alkanes of at least 4 members (excludes halogenated alkanes) is 1. The molecule has 0 heterocycles. The molecule has 0 aliphatic rings. The van der Waals surface area contributed by atoms with Crippen LogP contribution in [0.2, 0.25) is 0 Å². The van der Waals surface area contributed by atoms with Crippen molar-refractivity contribution in [3.05, 3.63) is 12.3 Å². The average Bonchev–Trinajstić information content (AvgIpc) is 2.13. The SMILES string of the molecule is C=C(C)NCCCCC(C)CCC(C)C. The van der Waals surface area contributed by atoms with E-state index < -0.39 is 0 Å². The zero-order valence-electron chi connectivity index (χ0n) is 11.1. The Bertz CT molecular complexity index is 161. The van der Waals surface area contributed by atoms with Crippen LogP contribution in [0.1, 0.15) is 59.8 Å². The van der Waals surface area contributed by atoms with E-state index in [9.17, 15) is 0 Å². The van der Waals surface area contributed by atoms with Gasteiger partial charge in [0.1, 0.15) is 0 Å². The molecule has 0 bridgehead atoms. The van der Waals surface area contributed by atoms with Gasteiger partial charge in [0, 0.05) is 12.2 Å². The van der Waals surface area contributed by atoms with E-state index in [0.29, 0.717) is 0 Å². The first-order chi connectivity index (χ1) is 7.02. The van der Waals surface area contributed by atoms with Crippen LogP contribution in [0.4, 0.5) is 0 Å². The van der Waals surface area contributed by atoms with Crippen molar-refractivity contribution in [1.29, 1.82) is 0 Å². The van der Waals surface area contributed by atoms with Crippen molar-refractivity contribution < 1.29 is 0 Å². The highest BCUT2D eigenvalue weighted by Gasteiger charge is 2.03. The molecule has 1 heteroatoms. The van der Waals surface area contributed by atoms with Gasteiger partial charge in [-0.25, -0.2) is 0 Å². The maximum atomic E-state index is 3.83. The molecule has 0 rings (SSSR count). The standard InChI is InChI=1S/C14H29N/c1-12(2)9-10-14(5)8-6-7-11-15-13(3)4/h12,14-15H,3,6-11H2,1-2,4-5H3. The maximum absolute atomic E-state index is 3.83. The van der Waals surface area contributed by atoms with E-state index in [-0.39, 0.29) is 0 Å². The van der Waals surface area contributed by atoms with E-state index in [4.69, 9.17) is 0 Å². The van der Waals surface area contributed by atoms with E-state index in [1.54, 1.807) is 0 Å². The molecule has 15 heavy (non-hydrogen) atoms. The fourth-order valence-corrected chi connectivity index (χ4v) is 1.68. The summed E-state index contributed by atoms with van der Waals surface area (Å²) in [5.41, 5.74) is 1.09. The summed E-state index contributed by atoms with van der Waals surface area (Å²) in [6, 6.07) is 0. The van der Waals surface area contributed by atoms with Crippen LogP contribution in [0, 0.1) is 11.8 Å². The third-order valence-electron chi connectivity index (χ3n) is 2.79. The lowest BCUT2D eigenvalue weighted by Gasteiger charge is -2.12. The van der Waals surface area contributed by atoms with Crippen LogP contribution >= 0.6 is 0 Å². The highest BCUT2D eigenvalue weighted by atomic mass is 14.9. The number of allylic oxidation sites excluding steroid dienone is 1. The predicted octanol–water partition coefficient (Wildman–Crippen LogP) is 4.35. The molecule has 1 N–H and O–H groups in total. The molecule has 0 radical (unpaired) electrons. The van der Waals surface area contributed by atoms with Crippen molar-refractivity contribution in [2.24, 2.45) is 11.8 Å². The zero-order valence-corrected chi connectivity index (χ0v) is 11.1. The summed E-state index contributed by atoms with van der Waals surface area (Å²) in [5, 5.41) is 3.27. The second-order valence-electron chi connectivity index (χ2n) is 5.28. The van der Waals surface area contributed by atoms with Gasteiger partial charge in [-0.05, 0) is 25.2 Å². The topological polar surface area (TPSA) is 12.0 Å². The second-order valence-corrected chi connectivity index (χ2v) is 5.28. The first-order valence-electron chi connectivity index (χ1n) is 6.41. The van der Waals surface area contributed by atoms with Crippen molar-refractivity contribution in [1.82, 2.24) is 5.32 Å². The van der Waals surface area contributed by atoms with Gasteiger partial charge in [-0.2, -0.15) is 0 Å². The van der Waals surface area contributed by atoms with Gasteiger partial charge < -0.3 is 5.32 Å². The monoisotopic (exact) mass is 211 g/mol. The fraction of sp³-hybridized carbons (Fsp3) is 0.857. The minimum Gasteiger partial charge on any atom is -0.389 e. The Morgan fingerprint density at radius 1 is 1.07 bits per heavy atom. The van der Waals surface area contributed by atoms with Crippen LogP contribution < -0.4 is 5.32 Å². The smallest absolute Gasteiger partial charge is 0.0143 e. The molecule has 0 aromatic heterocycles. The van der Waals surface area contributed by atoms with Crippen LogP contribution in [0.3, 0.4) is 0 Å². The Labute approximate surface area is 96.3 Å². The molecule has 1 atom stereocenters. The van der Waals surface area contributed by atoms with Crippen molar-refractivity contribution >= 4 is 0 Å². The van der Waals surface area contributed by atoms with Gasteiger partial charge in [0.2, 0.25) is 0 Å². The molecule has 0 amide bonds. The van der Waals surface area contributed by atoms with Gasteiger partial charge in [-0.15, -0.1) is 0 Å². The maximum Gasteiger partial charge on any atom is 0.0143 e. The molecule has 0 aliphatic carbocycles. The van der Waals surface area contributed by atoms with Crippen molar-refractivity contribution in [2.45, 2.75) is 59.8 Å². The van der Waals surface area contributed by atoms with Crippen molar-refractivity contribution in [3.63, 3.8) is 0 Å². The van der Waals surface area contributed by atoms with E-state index in [2.05, 4.69) is 32.7 Å². The summed E-state index contributed by atoms with van der Waals surface area (Å²) in [6.45, 7) is 13.9. The molecule has 0 spiro atoms. The molecule has 0 fully saturated rings. The molecule has 0 aliphatic heterocycles. The molecular weight excluding hydrogens is 182 g/mol. The summed E-state index contributed by atoms with van der Waals surface area (Å²) in [7, 11) is 0. The Balaban J connectivity index is 3.23. The summed E-state index contributed by atoms with van der Waals surface area (Å²) in [4.78, 5) is 0. The van der Waals surface area contributed by atoms with Crippen LogP contribution in [0.15, 0.2) is 12.3 Å². The number of nitrogens with one attached hydrogen (secondary N) is 1. The first kappa shape index (κ1) is 14.5. The molecule has 1 unspecified atom stereocenters. The van der Waals surface area contributed by atoms with Gasteiger partial charge in [-0.3, -0.25) is 0 Å². The van der Waals surface area contributed by atoms with Crippen molar-refractivity contribution in [2.75, 3.05) is 6.54 Å². The minimum atomic E-state index is 0.859. The minimum absolute atomic E-state index is 0.859. The highest BCUT2D eigenvalue weighted by Crippen LogP contribution is 2.16. The first-order valence-corrected chi connectivity index (χ1v) is 6.41. The van der Waals surface area contributed by atoms with E-state index in [1.807, 2.05) is 6.92 Å². The molecule has 0 aromatic carbocycles. The molecule has 1 nitrogen and oxygen atoms in total. The van der Waals surface area contributed by atoms with Gasteiger partial charge in [0.05, 0.1) is 0 Å². The third-order valence-corrected chi connectivity index (χ3v) is 2.79. The van der Waals surface area contributed by atoms with E-state index >= 15 is 0 Å². The molecule has 0 saturated heterocycles. The van der Waals surface area contributed by atoms with Crippen LogP contribution in [-0.2, 0) is 0 Å². The van der Waals surface area contributed by atoms with E-state index in [0.717, 1.165) is 24.1 Å². The number of rotatable bonds is 9. The van der Waals surface area contributed by atoms with Gasteiger partial charge in [-0.1, -0.05) is 53.0 Å². The Kier molecular flexibility index (Phi) is 8.55. The largest absolute Gasteiger partial charge is 0.389 e. The lowest BCUT2D eigenvalue weighted by atomic mass is 9.95. The van der Waals surface area contributed by atoms with Crippen LogP contribution in [0.25, 0.3) is 0 Å². The quantitative estimate of drug-likeness (QED) is 0.559.